The van der Waals surface area contributed by atoms with Gasteiger partial charge in [0.25, 0.3) is 0 Å². The Morgan fingerprint density at radius 3 is 2.55 bits per heavy atom. The van der Waals surface area contributed by atoms with Crippen molar-refractivity contribution >= 4 is 17.7 Å². The minimum Gasteiger partial charge on any atom is -0.477 e. The molecular formula is C15H18N4O3. The van der Waals surface area contributed by atoms with E-state index < -0.39 is 5.97 Å². The molecule has 1 aromatic heterocycles. The summed E-state index contributed by atoms with van der Waals surface area (Å²) in [5.41, 5.74) is 0.660. The summed E-state index contributed by atoms with van der Waals surface area (Å²) in [6.07, 6.45) is 1.38. The number of amides is 1. The van der Waals surface area contributed by atoms with Crippen LogP contribution in [0.5, 0.6) is 0 Å². The molecular weight excluding hydrogens is 284 g/mol. The predicted octanol–water partition coefficient (Wildman–Crippen LogP) is 1.51. The summed E-state index contributed by atoms with van der Waals surface area (Å²) in [6.45, 7) is 3.93. The van der Waals surface area contributed by atoms with Gasteiger partial charge in [0.15, 0.2) is 5.82 Å². The molecule has 1 heterocycles. The lowest BCUT2D eigenvalue weighted by Gasteiger charge is -2.07. The standard InChI is InChI=1S/C15H18N4O3/c1-10(2)16-8-13(20)17-14-12(15(21)22)9-19(18-14)11-6-4-3-5-7-11/h3-7,9-10,16H,8H2,1-2H3,(H,21,22)(H,17,18,20). The summed E-state index contributed by atoms with van der Waals surface area (Å²) < 4.78 is 1.43. The first kappa shape index (κ1) is 15.7. The molecule has 2 rings (SSSR count). The molecule has 2 aromatic rings. The third-order valence-corrected chi connectivity index (χ3v) is 2.89. The smallest absolute Gasteiger partial charge is 0.341 e. The Morgan fingerprint density at radius 2 is 1.95 bits per heavy atom. The van der Waals surface area contributed by atoms with Crippen molar-refractivity contribution in [1.82, 2.24) is 15.1 Å². The van der Waals surface area contributed by atoms with Gasteiger partial charge in [0.2, 0.25) is 5.91 Å². The average Bonchev–Trinajstić information content (AvgIpc) is 2.90. The number of para-hydroxylation sites is 1. The number of aromatic nitrogens is 2. The largest absolute Gasteiger partial charge is 0.477 e. The van der Waals surface area contributed by atoms with Crippen LogP contribution in [0.4, 0.5) is 5.82 Å². The van der Waals surface area contributed by atoms with E-state index in [0.717, 1.165) is 0 Å². The van der Waals surface area contributed by atoms with Crippen LogP contribution in [0.1, 0.15) is 24.2 Å². The van der Waals surface area contributed by atoms with Crippen molar-refractivity contribution in [2.24, 2.45) is 0 Å². The second-order valence-corrected chi connectivity index (χ2v) is 5.06. The first-order valence-corrected chi connectivity index (χ1v) is 6.89. The number of hydrogen-bond acceptors (Lipinski definition) is 4. The van der Waals surface area contributed by atoms with Crippen LogP contribution in [0.15, 0.2) is 36.5 Å². The van der Waals surface area contributed by atoms with Gasteiger partial charge in [-0.3, -0.25) is 4.79 Å². The lowest BCUT2D eigenvalue weighted by Crippen LogP contribution is -2.33. The number of benzene rings is 1. The van der Waals surface area contributed by atoms with E-state index in [2.05, 4.69) is 15.7 Å². The van der Waals surface area contributed by atoms with Gasteiger partial charge >= 0.3 is 5.97 Å². The van der Waals surface area contributed by atoms with Gasteiger partial charge in [0, 0.05) is 12.2 Å². The van der Waals surface area contributed by atoms with Crippen molar-refractivity contribution in [2.75, 3.05) is 11.9 Å². The molecule has 0 fully saturated rings. The molecule has 0 saturated carbocycles. The average molecular weight is 302 g/mol. The molecule has 0 aliphatic rings. The van der Waals surface area contributed by atoms with Gasteiger partial charge < -0.3 is 15.7 Å². The summed E-state index contributed by atoms with van der Waals surface area (Å²) in [6, 6.07) is 9.25. The predicted molar refractivity (Wildman–Crippen MR) is 82.3 cm³/mol. The Kier molecular flexibility index (Phi) is 4.90. The zero-order chi connectivity index (χ0) is 16.1. The Labute approximate surface area is 128 Å². The van der Waals surface area contributed by atoms with Crippen LogP contribution >= 0.6 is 0 Å². The molecule has 22 heavy (non-hydrogen) atoms. The number of aromatic carboxylic acids is 1. The normalized spacial score (nSPS) is 10.7. The number of carbonyl (C=O) groups is 2. The quantitative estimate of drug-likeness (QED) is 0.751. The topological polar surface area (TPSA) is 96.3 Å². The highest BCUT2D eigenvalue weighted by Crippen LogP contribution is 2.16. The number of carboxylic acids is 1. The minimum absolute atomic E-state index is 0.0342. The van der Waals surface area contributed by atoms with Gasteiger partial charge in [-0.05, 0) is 12.1 Å². The number of nitrogens with zero attached hydrogens (tertiary/aromatic N) is 2. The van der Waals surface area contributed by atoms with E-state index in [1.54, 1.807) is 12.1 Å². The van der Waals surface area contributed by atoms with E-state index in [-0.39, 0.29) is 29.9 Å². The molecule has 0 radical (unpaired) electrons. The maximum absolute atomic E-state index is 11.8. The molecule has 0 aliphatic carbocycles. The van der Waals surface area contributed by atoms with Crippen LogP contribution in [0.2, 0.25) is 0 Å². The molecule has 116 valence electrons. The third kappa shape index (κ3) is 3.92. The molecule has 0 saturated heterocycles. The van der Waals surface area contributed by atoms with Gasteiger partial charge in [-0.1, -0.05) is 32.0 Å². The number of anilines is 1. The fraction of sp³-hybridized carbons (Fsp3) is 0.267. The van der Waals surface area contributed by atoms with Crippen molar-refractivity contribution in [3.63, 3.8) is 0 Å². The first-order valence-electron chi connectivity index (χ1n) is 6.89. The summed E-state index contributed by atoms with van der Waals surface area (Å²) >= 11 is 0. The van der Waals surface area contributed by atoms with E-state index in [4.69, 9.17) is 0 Å². The van der Waals surface area contributed by atoms with Gasteiger partial charge in [-0.2, -0.15) is 0 Å². The molecule has 7 heteroatoms. The monoisotopic (exact) mass is 302 g/mol. The summed E-state index contributed by atoms with van der Waals surface area (Å²) in [5, 5.41) is 18.9. The SMILES string of the molecule is CC(C)NCC(=O)Nc1nn(-c2ccccc2)cc1C(=O)O. The third-order valence-electron chi connectivity index (χ3n) is 2.89. The van der Waals surface area contributed by atoms with E-state index in [1.807, 2.05) is 32.0 Å². The van der Waals surface area contributed by atoms with E-state index in [9.17, 15) is 14.7 Å². The van der Waals surface area contributed by atoms with Crippen LogP contribution in [0.3, 0.4) is 0 Å². The zero-order valence-corrected chi connectivity index (χ0v) is 12.4. The van der Waals surface area contributed by atoms with Crippen molar-refractivity contribution in [3.8, 4) is 5.69 Å². The highest BCUT2D eigenvalue weighted by atomic mass is 16.4. The Bertz CT molecular complexity index is 665. The van der Waals surface area contributed by atoms with Gasteiger partial charge in [-0.15, -0.1) is 5.10 Å². The van der Waals surface area contributed by atoms with Crippen molar-refractivity contribution in [1.29, 1.82) is 0 Å². The lowest BCUT2D eigenvalue weighted by atomic mass is 10.3. The number of carboxylic acid groups (broad SMARTS) is 1. The van der Waals surface area contributed by atoms with Gasteiger partial charge in [0.05, 0.1) is 12.2 Å². The molecule has 3 N–H and O–H groups in total. The summed E-state index contributed by atoms with van der Waals surface area (Å²) in [5.74, 6) is -1.45. The van der Waals surface area contributed by atoms with Gasteiger partial charge in [0.1, 0.15) is 5.56 Å². The molecule has 1 amide bonds. The van der Waals surface area contributed by atoms with E-state index in [0.29, 0.717) is 5.69 Å². The molecule has 0 spiro atoms. The summed E-state index contributed by atoms with van der Waals surface area (Å²) in [4.78, 5) is 23.1. The lowest BCUT2D eigenvalue weighted by molar-refractivity contribution is -0.115. The Morgan fingerprint density at radius 1 is 1.27 bits per heavy atom. The number of rotatable bonds is 6. The number of hydrogen-bond donors (Lipinski definition) is 3. The second-order valence-electron chi connectivity index (χ2n) is 5.06. The number of nitrogens with one attached hydrogen (secondary N) is 2. The highest BCUT2D eigenvalue weighted by molar-refractivity contribution is 5.99. The highest BCUT2D eigenvalue weighted by Gasteiger charge is 2.18. The van der Waals surface area contributed by atoms with Crippen molar-refractivity contribution in [3.05, 3.63) is 42.1 Å². The first-order chi connectivity index (χ1) is 10.5. The van der Waals surface area contributed by atoms with Crippen molar-refractivity contribution < 1.29 is 14.7 Å². The van der Waals surface area contributed by atoms with Gasteiger partial charge in [-0.25, -0.2) is 9.48 Å². The second kappa shape index (κ2) is 6.86. The molecule has 0 unspecified atom stereocenters. The maximum atomic E-state index is 11.8. The van der Waals surface area contributed by atoms with Crippen LogP contribution in [-0.2, 0) is 4.79 Å². The van der Waals surface area contributed by atoms with Crippen molar-refractivity contribution in [2.45, 2.75) is 19.9 Å². The zero-order valence-electron chi connectivity index (χ0n) is 12.4. The summed E-state index contributed by atoms with van der Waals surface area (Å²) in [7, 11) is 0. The Hall–Kier alpha value is -2.67. The minimum atomic E-state index is -1.14. The fourth-order valence-corrected chi connectivity index (χ4v) is 1.81. The van der Waals surface area contributed by atoms with E-state index in [1.165, 1.54) is 10.9 Å². The number of carbonyl (C=O) groups excluding carboxylic acids is 1. The van der Waals surface area contributed by atoms with Crippen LogP contribution in [0, 0.1) is 0 Å². The molecule has 0 bridgehead atoms. The molecule has 7 nitrogen and oxygen atoms in total. The molecule has 0 aliphatic heterocycles. The van der Waals surface area contributed by atoms with Crippen LogP contribution < -0.4 is 10.6 Å². The maximum Gasteiger partial charge on any atom is 0.341 e. The van der Waals surface area contributed by atoms with E-state index >= 15 is 0 Å². The van der Waals surface area contributed by atoms with Crippen LogP contribution in [-0.4, -0.2) is 39.4 Å². The fourth-order valence-electron chi connectivity index (χ4n) is 1.81. The Balaban J connectivity index is 2.21. The molecule has 0 atom stereocenters. The van der Waals surface area contributed by atoms with Crippen LogP contribution in [0.25, 0.3) is 5.69 Å². The molecule has 1 aromatic carbocycles.